The molecule has 8 heteroatoms. The molecule has 1 aromatic carbocycles. The second kappa shape index (κ2) is 6.88. The van der Waals surface area contributed by atoms with Crippen molar-refractivity contribution in [2.45, 2.75) is 17.4 Å². The first-order valence-corrected chi connectivity index (χ1v) is 7.17. The van der Waals surface area contributed by atoms with Crippen molar-refractivity contribution in [1.29, 1.82) is 0 Å². The van der Waals surface area contributed by atoms with Gasteiger partial charge in [0.2, 0.25) is 10.0 Å². The van der Waals surface area contributed by atoms with Gasteiger partial charge in [0.15, 0.2) is 0 Å². The molecule has 1 rings (SSSR count). The Hall–Kier alpha value is -2.37. The first kappa shape index (κ1) is 16.7. The van der Waals surface area contributed by atoms with Crippen LogP contribution in [0.5, 0.6) is 0 Å². The van der Waals surface area contributed by atoms with Crippen molar-refractivity contribution in [3.63, 3.8) is 0 Å². The number of carboxylic acid groups (broad SMARTS) is 1. The summed E-state index contributed by atoms with van der Waals surface area (Å²) in [6.07, 6.45) is 4.68. The number of nitrogens with one attached hydrogen (secondary N) is 1. The number of ether oxygens (including phenoxy) is 1. The third kappa shape index (κ3) is 4.05. The number of esters is 1. The molecule has 0 bridgehead atoms. The Bertz CT molecular complexity index is 689. The van der Waals surface area contributed by atoms with Gasteiger partial charge < -0.3 is 9.84 Å². The topological polar surface area (TPSA) is 110 Å². The summed E-state index contributed by atoms with van der Waals surface area (Å²) >= 11 is 0. The van der Waals surface area contributed by atoms with Gasteiger partial charge in [-0.05, 0) is 12.1 Å². The summed E-state index contributed by atoms with van der Waals surface area (Å²) < 4.78 is 30.9. The van der Waals surface area contributed by atoms with Crippen LogP contribution >= 0.6 is 0 Å². The maximum atomic E-state index is 12.2. The number of carboxylic acids is 1. The quantitative estimate of drug-likeness (QED) is 0.575. The van der Waals surface area contributed by atoms with Gasteiger partial charge in [-0.2, -0.15) is 4.72 Å². The van der Waals surface area contributed by atoms with E-state index < -0.39 is 28.0 Å². The van der Waals surface area contributed by atoms with Gasteiger partial charge in [-0.25, -0.2) is 13.2 Å². The maximum absolute atomic E-state index is 12.2. The van der Waals surface area contributed by atoms with E-state index in [-0.39, 0.29) is 16.9 Å². The van der Waals surface area contributed by atoms with Crippen molar-refractivity contribution in [3.8, 4) is 12.3 Å². The van der Waals surface area contributed by atoms with Crippen LogP contribution in [-0.2, 0) is 19.6 Å². The Morgan fingerprint density at radius 1 is 1.43 bits per heavy atom. The second-order valence-electron chi connectivity index (χ2n) is 3.91. The summed E-state index contributed by atoms with van der Waals surface area (Å²) in [6.45, 7) is 0. The smallest absolute Gasteiger partial charge is 0.339 e. The van der Waals surface area contributed by atoms with E-state index in [0.29, 0.717) is 0 Å². The van der Waals surface area contributed by atoms with E-state index in [1.807, 2.05) is 4.72 Å². The van der Waals surface area contributed by atoms with Gasteiger partial charge in [-0.15, -0.1) is 12.3 Å². The zero-order chi connectivity index (χ0) is 16.0. The highest BCUT2D eigenvalue weighted by Crippen LogP contribution is 2.17. The van der Waals surface area contributed by atoms with Crippen LogP contribution in [0, 0.1) is 12.3 Å². The third-order valence-corrected chi connectivity index (χ3v) is 4.03. The van der Waals surface area contributed by atoms with Crippen molar-refractivity contribution < 1.29 is 27.9 Å². The maximum Gasteiger partial charge on any atom is 0.339 e. The highest BCUT2D eigenvalue weighted by atomic mass is 32.2. The van der Waals surface area contributed by atoms with E-state index in [0.717, 1.165) is 7.11 Å². The van der Waals surface area contributed by atoms with Crippen molar-refractivity contribution in [1.82, 2.24) is 4.72 Å². The molecule has 0 radical (unpaired) electrons. The van der Waals surface area contributed by atoms with Crippen LogP contribution in [0.4, 0.5) is 0 Å². The third-order valence-electron chi connectivity index (χ3n) is 2.50. The lowest BCUT2D eigenvalue weighted by molar-refractivity contribution is -0.138. The van der Waals surface area contributed by atoms with Crippen LogP contribution in [0.2, 0.25) is 0 Å². The average molecular weight is 311 g/mol. The van der Waals surface area contributed by atoms with Crippen LogP contribution < -0.4 is 4.72 Å². The zero-order valence-electron chi connectivity index (χ0n) is 11.1. The Balaban J connectivity index is 3.23. The number of aliphatic carboxylic acids is 1. The molecule has 0 aliphatic carbocycles. The molecular weight excluding hydrogens is 298 g/mol. The number of methoxy groups -OCH3 is 1. The van der Waals surface area contributed by atoms with E-state index in [1.165, 1.54) is 24.3 Å². The first-order valence-electron chi connectivity index (χ1n) is 5.69. The van der Waals surface area contributed by atoms with Crippen molar-refractivity contribution >= 4 is 22.0 Å². The molecule has 0 fully saturated rings. The number of rotatable bonds is 6. The molecule has 1 atom stereocenters. The molecule has 0 aromatic heterocycles. The summed E-state index contributed by atoms with van der Waals surface area (Å²) in [7, 11) is -3.13. The van der Waals surface area contributed by atoms with Gasteiger partial charge in [0.25, 0.3) is 0 Å². The van der Waals surface area contributed by atoms with Gasteiger partial charge in [0, 0.05) is 6.42 Å². The fraction of sp³-hybridized carbons (Fsp3) is 0.231. The van der Waals surface area contributed by atoms with Gasteiger partial charge in [-0.1, -0.05) is 12.1 Å². The molecule has 0 heterocycles. The van der Waals surface area contributed by atoms with E-state index >= 15 is 0 Å². The second-order valence-corrected chi connectivity index (χ2v) is 5.59. The normalized spacial score (nSPS) is 12.2. The molecule has 7 nitrogen and oxygen atoms in total. The molecular formula is C13H13NO6S. The fourth-order valence-corrected chi connectivity index (χ4v) is 2.91. The summed E-state index contributed by atoms with van der Waals surface area (Å²) in [5.74, 6) is -0.185. The monoisotopic (exact) mass is 311 g/mol. The molecule has 1 unspecified atom stereocenters. The number of hydrogen-bond acceptors (Lipinski definition) is 5. The minimum absolute atomic E-state index is 0.197. The van der Waals surface area contributed by atoms with Crippen molar-refractivity contribution in [2.24, 2.45) is 0 Å². The lowest BCUT2D eigenvalue weighted by atomic mass is 10.2. The Labute approximate surface area is 122 Å². The van der Waals surface area contributed by atoms with Gasteiger partial charge >= 0.3 is 11.9 Å². The zero-order valence-corrected chi connectivity index (χ0v) is 11.9. The minimum Gasteiger partial charge on any atom is -0.480 e. The van der Waals surface area contributed by atoms with Gasteiger partial charge in [0.1, 0.15) is 6.04 Å². The van der Waals surface area contributed by atoms with E-state index in [4.69, 9.17) is 11.5 Å². The molecule has 0 spiro atoms. The van der Waals surface area contributed by atoms with Gasteiger partial charge in [0.05, 0.1) is 17.6 Å². The highest BCUT2D eigenvalue weighted by Gasteiger charge is 2.28. The molecule has 0 aliphatic rings. The summed E-state index contributed by atoms with van der Waals surface area (Å²) in [6, 6.07) is 3.81. The van der Waals surface area contributed by atoms with Crippen molar-refractivity contribution in [3.05, 3.63) is 29.8 Å². The summed E-state index contributed by atoms with van der Waals surface area (Å²) in [5.41, 5.74) is -0.197. The Morgan fingerprint density at radius 3 is 2.57 bits per heavy atom. The number of benzene rings is 1. The number of carbonyl (C=O) groups excluding carboxylic acids is 1. The van der Waals surface area contributed by atoms with Crippen LogP contribution in [-0.4, -0.2) is 38.6 Å². The molecule has 2 N–H and O–H groups in total. The highest BCUT2D eigenvalue weighted by molar-refractivity contribution is 7.89. The average Bonchev–Trinajstić information content (AvgIpc) is 2.45. The number of terminal acetylenes is 1. The van der Waals surface area contributed by atoms with Crippen LogP contribution in [0.15, 0.2) is 29.2 Å². The molecule has 112 valence electrons. The number of sulfonamides is 1. The van der Waals surface area contributed by atoms with Crippen LogP contribution in [0.3, 0.4) is 0 Å². The summed E-state index contributed by atoms with van der Waals surface area (Å²) in [4.78, 5) is 22.1. The predicted octanol–water partition coefficient (Wildman–Crippen LogP) is 0.228. The molecule has 0 amide bonds. The van der Waals surface area contributed by atoms with E-state index in [2.05, 4.69) is 10.7 Å². The Kier molecular flexibility index (Phi) is 5.46. The SMILES string of the molecule is C#CCC(NS(=O)(=O)c1ccccc1C(=O)OC)C(=O)O. The number of carbonyl (C=O) groups is 2. The standard InChI is InChI=1S/C13H13NO6S/c1-3-6-10(12(15)16)14-21(18,19)11-8-5-4-7-9(11)13(17)20-2/h1,4-5,7-8,10,14H,6H2,2H3,(H,15,16). The molecule has 1 aromatic rings. The molecule has 0 aliphatic heterocycles. The van der Waals surface area contributed by atoms with Crippen molar-refractivity contribution in [2.75, 3.05) is 7.11 Å². The van der Waals surface area contributed by atoms with E-state index in [9.17, 15) is 18.0 Å². The largest absolute Gasteiger partial charge is 0.480 e. The first-order chi connectivity index (χ1) is 9.83. The minimum atomic E-state index is -4.24. The Morgan fingerprint density at radius 2 is 2.05 bits per heavy atom. The number of hydrogen-bond donors (Lipinski definition) is 2. The molecule has 0 saturated carbocycles. The molecule has 0 saturated heterocycles. The predicted molar refractivity (Wildman–Crippen MR) is 73.0 cm³/mol. The van der Waals surface area contributed by atoms with Crippen LogP contribution in [0.25, 0.3) is 0 Å². The lowest BCUT2D eigenvalue weighted by Gasteiger charge is -2.14. The lowest BCUT2D eigenvalue weighted by Crippen LogP contribution is -2.40. The fourth-order valence-electron chi connectivity index (χ4n) is 1.53. The van der Waals surface area contributed by atoms with Gasteiger partial charge in [-0.3, -0.25) is 4.79 Å². The van der Waals surface area contributed by atoms with Crippen LogP contribution in [0.1, 0.15) is 16.8 Å². The molecule has 21 heavy (non-hydrogen) atoms. The summed E-state index contributed by atoms with van der Waals surface area (Å²) in [5, 5.41) is 8.93. The van der Waals surface area contributed by atoms with E-state index in [1.54, 1.807) is 0 Å².